The van der Waals surface area contributed by atoms with Gasteiger partial charge in [-0.3, -0.25) is 9.59 Å². The minimum Gasteiger partial charge on any atom is -0.480 e. The molecule has 30 heavy (non-hydrogen) atoms. The van der Waals surface area contributed by atoms with E-state index in [2.05, 4.69) is 20.9 Å². The first-order valence-electron chi connectivity index (χ1n) is 9.24. The highest BCUT2D eigenvalue weighted by molar-refractivity contribution is 7.98. The van der Waals surface area contributed by atoms with Crippen molar-refractivity contribution in [3.8, 4) is 0 Å². The number of carbonyl (C=O) groups excluding carboxylic acids is 2. The van der Waals surface area contributed by atoms with Crippen LogP contribution in [0.25, 0.3) is 10.9 Å². The van der Waals surface area contributed by atoms with Crippen molar-refractivity contribution in [3.63, 3.8) is 0 Å². The van der Waals surface area contributed by atoms with E-state index in [4.69, 9.17) is 5.73 Å². The van der Waals surface area contributed by atoms with Crippen LogP contribution in [0.5, 0.6) is 0 Å². The van der Waals surface area contributed by atoms with Crippen molar-refractivity contribution in [2.45, 2.75) is 31.3 Å². The molecule has 1 aromatic carbocycles. The molecule has 12 heteroatoms. The molecule has 2 rings (SSSR count). The average Bonchev–Trinajstić information content (AvgIpc) is 2.71. The molecule has 0 saturated carbocycles. The van der Waals surface area contributed by atoms with Crippen molar-refractivity contribution in [2.75, 3.05) is 18.6 Å². The Labute approximate surface area is 176 Å². The number of benzene rings is 1. The zero-order chi connectivity index (χ0) is 22.1. The van der Waals surface area contributed by atoms with E-state index < -0.39 is 35.6 Å². The lowest BCUT2D eigenvalue weighted by Crippen LogP contribution is -2.46. The molecule has 2 atom stereocenters. The van der Waals surface area contributed by atoms with Gasteiger partial charge in [0, 0.05) is 6.54 Å². The van der Waals surface area contributed by atoms with Crippen molar-refractivity contribution >= 4 is 40.6 Å². The molecule has 5 N–H and O–H groups in total. The van der Waals surface area contributed by atoms with E-state index in [1.54, 1.807) is 24.3 Å². The van der Waals surface area contributed by atoms with Crippen LogP contribution in [0.2, 0.25) is 0 Å². The number of carbonyl (C=O) groups is 3. The number of aromatic nitrogens is 3. The van der Waals surface area contributed by atoms with Crippen molar-refractivity contribution < 1.29 is 19.5 Å². The van der Waals surface area contributed by atoms with Gasteiger partial charge in [-0.05, 0) is 43.4 Å². The molecule has 162 valence electrons. The lowest BCUT2D eigenvalue weighted by molar-refractivity contribution is -0.142. The van der Waals surface area contributed by atoms with E-state index in [9.17, 15) is 24.3 Å². The summed E-state index contributed by atoms with van der Waals surface area (Å²) in [5.74, 6) is -1.30. The number of aliphatic carboxylic acids is 1. The number of hydrogen-bond acceptors (Lipinski definition) is 7. The summed E-state index contributed by atoms with van der Waals surface area (Å²) < 4.78 is 1.00. The van der Waals surface area contributed by atoms with Crippen LogP contribution in [-0.2, 0) is 9.59 Å². The Morgan fingerprint density at radius 3 is 2.67 bits per heavy atom. The minimum absolute atomic E-state index is 0.0783. The molecule has 0 aliphatic heterocycles. The molecule has 0 bridgehead atoms. The molecule has 0 saturated heterocycles. The fraction of sp³-hybridized carbons (Fsp3) is 0.444. The molecule has 0 aliphatic rings. The van der Waals surface area contributed by atoms with Crippen molar-refractivity contribution in [1.82, 2.24) is 25.6 Å². The van der Waals surface area contributed by atoms with Gasteiger partial charge in [0.2, 0.25) is 5.91 Å². The Morgan fingerprint density at radius 2 is 2.00 bits per heavy atom. The average molecular weight is 436 g/mol. The predicted molar refractivity (Wildman–Crippen MR) is 112 cm³/mol. The van der Waals surface area contributed by atoms with Gasteiger partial charge in [-0.25, -0.2) is 9.59 Å². The van der Waals surface area contributed by atoms with E-state index in [0.717, 1.165) is 4.68 Å². The number of amides is 3. The number of urea groups is 1. The molecule has 2 aromatic rings. The molecule has 1 aromatic heterocycles. The van der Waals surface area contributed by atoms with Gasteiger partial charge in [-0.15, -0.1) is 5.10 Å². The number of nitrogens with one attached hydrogen (secondary N) is 2. The molecule has 0 radical (unpaired) electrons. The van der Waals surface area contributed by atoms with Crippen LogP contribution < -0.4 is 21.9 Å². The largest absolute Gasteiger partial charge is 0.480 e. The Morgan fingerprint density at radius 1 is 1.27 bits per heavy atom. The summed E-state index contributed by atoms with van der Waals surface area (Å²) in [5, 5.41) is 22.5. The molecule has 0 fully saturated rings. The van der Waals surface area contributed by atoms with Crippen LogP contribution in [0.15, 0.2) is 29.1 Å². The fourth-order valence-electron chi connectivity index (χ4n) is 2.84. The summed E-state index contributed by atoms with van der Waals surface area (Å²) in [6.45, 7) is 0.181. The minimum atomic E-state index is -1.22. The number of thioether (sulfide) groups is 1. The molecule has 11 nitrogen and oxygen atoms in total. The number of nitrogens with two attached hydrogens (primary N) is 1. The second-order valence-corrected chi connectivity index (χ2v) is 7.47. The van der Waals surface area contributed by atoms with Crippen LogP contribution in [0, 0.1) is 0 Å². The van der Waals surface area contributed by atoms with E-state index in [-0.39, 0.29) is 19.4 Å². The molecular weight excluding hydrogens is 412 g/mol. The van der Waals surface area contributed by atoms with Crippen LogP contribution in [0.3, 0.4) is 0 Å². The van der Waals surface area contributed by atoms with Gasteiger partial charge < -0.3 is 21.5 Å². The number of nitrogens with zero attached hydrogens (tertiary/aromatic N) is 3. The first kappa shape index (κ1) is 23.1. The summed E-state index contributed by atoms with van der Waals surface area (Å²) in [6, 6.07) is 3.75. The standard InChI is InChI=1S/C18H24N6O5S/c1-30-10-8-14(24-16(26)11-5-2-3-6-12(11)22-23-24)15(25)21-13(17(27)28)7-4-9-20-18(19)29/h2-3,5-6,13-14H,4,7-10H2,1H3,(H,21,25)(H,27,28)(H3,19,20,29). The Hall–Kier alpha value is -3.15. The number of rotatable bonds is 11. The third-order valence-corrected chi connectivity index (χ3v) is 5.01. The zero-order valence-electron chi connectivity index (χ0n) is 16.4. The SMILES string of the molecule is CSCCC(C(=O)NC(CCCNC(N)=O)C(=O)O)n1nnc2ccccc2c1=O. The third-order valence-electron chi connectivity index (χ3n) is 4.37. The van der Waals surface area contributed by atoms with E-state index in [1.807, 2.05) is 6.26 Å². The van der Waals surface area contributed by atoms with Crippen LogP contribution >= 0.6 is 11.8 Å². The third kappa shape index (κ3) is 6.17. The maximum atomic E-state index is 12.9. The Bertz CT molecular complexity index is 965. The predicted octanol–water partition coefficient (Wildman–Crippen LogP) is 0.104. The second kappa shape index (κ2) is 11.1. The molecular formula is C18H24N6O5S. The van der Waals surface area contributed by atoms with E-state index in [1.165, 1.54) is 11.8 Å². The molecule has 1 heterocycles. The fourth-order valence-corrected chi connectivity index (χ4v) is 3.30. The van der Waals surface area contributed by atoms with E-state index >= 15 is 0 Å². The lowest BCUT2D eigenvalue weighted by Gasteiger charge is -2.21. The highest BCUT2D eigenvalue weighted by atomic mass is 32.2. The number of carboxylic acid groups (broad SMARTS) is 1. The van der Waals surface area contributed by atoms with Gasteiger partial charge in [-0.1, -0.05) is 17.3 Å². The lowest BCUT2D eigenvalue weighted by atomic mass is 10.1. The highest BCUT2D eigenvalue weighted by Gasteiger charge is 2.28. The number of primary amides is 1. The van der Waals surface area contributed by atoms with Gasteiger partial charge in [0.05, 0.1) is 5.39 Å². The number of carboxylic acids is 1. The summed E-state index contributed by atoms with van der Waals surface area (Å²) in [6.07, 6.45) is 2.51. The van der Waals surface area contributed by atoms with Gasteiger partial charge >= 0.3 is 12.0 Å². The van der Waals surface area contributed by atoms with Gasteiger partial charge in [-0.2, -0.15) is 16.4 Å². The zero-order valence-corrected chi connectivity index (χ0v) is 17.2. The maximum absolute atomic E-state index is 12.9. The van der Waals surface area contributed by atoms with Crippen molar-refractivity contribution in [2.24, 2.45) is 5.73 Å². The Balaban J connectivity index is 2.22. The monoisotopic (exact) mass is 436 g/mol. The molecule has 0 aliphatic carbocycles. The number of fused-ring (bicyclic) bond motifs is 1. The van der Waals surface area contributed by atoms with Crippen LogP contribution in [0.4, 0.5) is 4.79 Å². The van der Waals surface area contributed by atoms with Crippen molar-refractivity contribution in [1.29, 1.82) is 0 Å². The highest BCUT2D eigenvalue weighted by Crippen LogP contribution is 2.14. The smallest absolute Gasteiger partial charge is 0.326 e. The van der Waals surface area contributed by atoms with Crippen LogP contribution in [0.1, 0.15) is 25.3 Å². The molecule has 0 spiro atoms. The second-order valence-electron chi connectivity index (χ2n) is 6.49. The van der Waals surface area contributed by atoms with Gasteiger partial charge in [0.1, 0.15) is 17.6 Å². The van der Waals surface area contributed by atoms with Crippen LogP contribution in [-0.4, -0.2) is 62.6 Å². The summed E-state index contributed by atoms with van der Waals surface area (Å²) in [4.78, 5) is 48.0. The first-order chi connectivity index (χ1) is 14.3. The number of hydrogen-bond donors (Lipinski definition) is 4. The van der Waals surface area contributed by atoms with Gasteiger partial charge in [0.15, 0.2) is 0 Å². The van der Waals surface area contributed by atoms with Gasteiger partial charge in [0.25, 0.3) is 5.56 Å². The summed E-state index contributed by atoms with van der Waals surface area (Å²) in [5.41, 5.74) is 4.91. The van der Waals surface area contributed by atoms with Crippen molar-refractivity contribution in [3.05, 3.63) is 34.6 Å². The summed E-state index contributed by atoms with van der Waals surface area (Å²) >= 11 is 1.48. The normalized spacial score (nSPS) is 12.8. The molecule has 3 amide bonds. The molecule has 2 unspecified atom stereocenters. The topological polar surface area (TPSA) is 169 Å². The van der Waals surface area contributed by atoms with E-state index in [0.29, 0.717) is 23.1 Å². The quantitative estimate of drug-likeness (QED) is 0.360. The summed E-state index contributed by atoms with van der Waals surface area (Å²) in [7, 11) is 0. The first-order valence-corrected chi connectivity index (χ1v) is 10.6. The Kier molecular flexibility index (Phi) is 8.59. The maximum Gasteiger partial charge on any atom is 0.326 e.